The topological polar surface area (TPSA) is 119 Å². The number of methoxy groups -OCH3 is 2. The van der Waals surface area contributed by atoms with E-state index in [4.69, 9.17) is 25.8 Å². The van der Waals surface area contributed by atoms with Gasteiger partial charge in [0.1, 0.15) is 18.2 Å². The summed E-state index contributed by atoms with van der Waals surface area (Å²) in [7, 11) is 2.84. The molecule has 194 valence electrons. The molecule has 10 nitrogen and oxygen atoms in total. The van der Waals surface area contributed by atoms with Gasteiger partial charge in [0.05, 0.1) is 25.3 Å². The first kappa shape index (κ1) is 28.6. The van der Waals surface area contributed by atoms with Gasteiger partial charge in [-0.2, -0.15) is 0 Å². The normalized spacial score (nSPS) is 11.9. The summed E-state index contributed by atoms with van der Waals surface area (Å²) in [6, 6.07) is 12.5. The quantitative estimate of drug-likeness (QED) is 0.211. The Bertz CT molecular complexity index is 1040. The Morgan fingerprint density at radius 3 is 2.28 bits per heavy atom. The number of rotatable bonds is 10. The fourth-order valence-electron chi connectivity index (χ4n) is 2.99. The maximum absolute atomic E-state index is 13.0. The number of urea groups is 2. The van der Waals surface area contributed by atoms with Gasteiger partial charge in [-0.15, -0.1) is 0 Å². The van der Waals surface area contributed by atoms with Crippen molar-refractivity contribution in [3.05, 3.63) is 59.1 Å². The smallest absolute Gasteiger partial charge is 0.330 e. The van der Waals surface area contributed by atoms with Gasteiger partial charge in [0.2, 0.25) is 0 Å². The van der Waals surface area contributed by atoms with Gasteiger partial charge in [-0.3, -0.25) is 10.1 Å². The molecule has 0 heterocycles. The zero-order valence-electron chi connectivity index (χ0n) is 20.7. The Morgan fingerprint density at radius 1 is 1.00 bits per heavy atom. The third-order valence-electron chi connectivity index (χ3n) is 4.88. The van der Waals surface area contributed by atoms with Crippen LogP contribution < -0.4 is 15.4 Å². The average molecular weight is 519 g/mol. The SMILES string of the molecule is COCCOc1ccc(N=C(C)NC(=O)N(C[C@H](C)C(=O)OC)C(=O)NCc2ccc(Cl)cc2)cc1. The minimum atomic E-state index is -0.736. The van der Waals surface area contributed by atoms with Crippen molar-refractivity contribution < 1.29 is 28.6 Å². The highest BCUT2D eigenvalue weighted by atomic mass is 35.5. The van der Waals surface area contributed by atoms with E-state index in [9.17, 15) is 14.4 Å². The Balaban J connectivity index is 2.07. The highest BCUT2D eigenvalue weighted by molar-refractivity contribution is 6.30. The van der Waals surface area contributed by atoms with Crippen molar-refractivity contribution in [2.45, 2.75) is 20.4 Å². The summed E-state index contributed by atoms with van der Waals surface area (Å²) in [5, 5.41) is 5.84. The number of hydrogen-bond acceptors (Lipinski definition) is 7. The highest BCUT2D eigenvalue weighted by Gasteiger charge is 2.27. The zero-order valence-corrected chi connectivity index (χ0v) is 21.5. The van der Waals surface area contributed by atoms with Crippen molar-refractivity contribution in [2.24, 2.45) is 10.9 Å². The molecule has 2 N–H and O–H groups in total. The Kier molecular flexibility index (Phi) is 11.7. The Hall–Kier alpha value is -3.63. The summed E-state index contributed by atoms with van der Waals surface area (Å²) < 4.78 is 15.2. The lowest BCUT2D eigenvalue weighted by molar-refractivity contribution is -0.144. The van der Waals surface area contributed by atoms with Gasteiger partial charge >= 0.3 is 18.0 Å². The van der Waals surface area contributed by atoms with Crippen LogP contribution in [0.1, 0.15) is 19.4 Å². The number of aliphatic imine (C=N–C) groups is 1. The van der Waals surface area contributed by atoms with Crippen molar-refractivity contribution in [1.82, 2.24) is 15.5 Å². The van der Waals surface area contributed by atoms with Crippen LogP contribution in [0.2, 0.25) is 5.02 Å². The second-order valence-electron chi connectivity index (χ2n) is 7.78. The lowest BCUT2D eigenvalue weighted by atomic mass is 10.2. The number of esters is 1. The van der Waals surface area contributed by atoms with Gasteiger partial charge < -0.3 is 19.5 Å². The molecule has 0 radical (unpaired) electrons. The van der Waals surface area contributed by atoms with Gasteiger partial charge in [-0.1, -0.05) is 30.7 Å². The number of hydrogen-bond donors (Lipinski definition) is 2. The molecule has 0 spiro atoms. The van der Waals surface area contributed by atoms with Crippen molar-refractivity contribution in [3.63, 3.8) is 0 Å². The molecular formula is C25H31ClN4O6. The predicted octanol–water partition coefficient (Wildman–Crippen LogP) is 4.15. The van der Waals surface area contributed by atoms with Crippen LogP contribution in [0.4, 0.5) is 15.3 Å². The Labute approximate surface area is 215 Å². The summed E-state index contributed by atoms with van der Waals surface area (Å²) in [5.41, 5.74) is 1.37. The van der Waals surface area contributed by atoms with E-state index in [1.165, 1.54) is 7.11 Å². The number of halogens is 1. The minimum absolute atomic E-state index is 0.165. The van der Waals surface area contributed by atoms with Crippen LogP contribution in [0, 0.1) is 5.92 Å². The molecule has 0 bridgehead atoms. The van der Waals surface area contributed by atoms with Crippen LogP contribution in [-0.2, 0) is 20.8 Å². The molecular weight excluding hydrogens is 488 g/mol. The molecule has 0 aliphatic heterocycles. The summed E-state index contributed by atoms with van der Waals surface area (Å²) >= 11 is 5.89. The third-order valence-corrected chi connectivity index (χ3v) is 5.14. The number of amides is 4. The highest BCUT2D eigenvalue weighted by Crippen LogP contribution is 2.18. The van der Waals surface area contributed by atoms with E-state index < -0.39 is 23.9 Å². The first-order valence-electron chi connectivity index (χ1n) is 11.2. The first-order valence-corrected chi connectivity index (χ1v) is 11.6. The second-order valence-corrected chi connectivity index (χ2v) is 8.22. The molecule has 1 atom stereocenters. The van der Waals surface area contributed by atoms with E-state index in [0.29, 0.717) is 29.7 Å². The molecule has 0 aliphatic carbocycles. The van der Waals surface area contributed by atoms with Crippen LogP contribution in [0.3, 0.4) is 0 Å². The standard InChI is InChI=1S/C25H31ClN4O6/c1-17(23(31)35-4)16-30(24(32)27-15-19-5-7-20(26)8-6-19)25(33)29-18(2)28-21-9-11-22(12-10-21)36-14-13-34-3/h5-12,17H,13-16H2,1-4H3,(H,27,32)(H,28,29,33)/t17-/m0/s1. The lowest BCUT2D eigenvalue weighted by Crippen LogP contribution is -2.51. The molecule has 0 unspecified atom stereocenters. The maximum Gasteiger partial charge on any atom is 0.330 e. The van der Waals surface area contributed by atoms with E-state index in [-0.39, 0.29) is 18.9 Å². The van der Waals surface area contributed by atoms with Crippen molar-refractivity contribution >= 4 is 41.2 Å². The number of imide groups is 1. The van der Waals surface area contributed by atoms with Gasteiger partial charge in [0.15, 0.2) is 0 Å². The fraction of sp³-hybridized carbons (Fsp3) is 0.360. The molecule has 2 rings (SSSR count). The number of carbonyl (C=O) groups excluding carboxylic acids is 3. The van der Waals surface area contributed by atoms with E-state index >= 15 is 0 Å². The molecule has 4 amide bonds. The maximum atomic E-state index is 13.0. The first-order chi connectivity index (χ1) is 17.2. The molecule has 0 saturated carbocycles. The summed E-state index contributed by atoms with van der Waals surface area (Å²) in [6.07, 6.45) is 0. The molecule has 2 aromatic rings. The van der Waals surface area contributed by atoms with E-state index in [1.807, 2.05) is 0 Å². The molecule has 0 fully saturated rings. The number of nitrogens with zero attached hydrogens (tertiary/aromatic N) is 2. The van der Waals surface area contributed by atoms with Crippen molar-refractivity contribution in [3.8, 4) is 5.75 Å². The number of nitrogens with one attached hydrogen (secondary N) is 2. The van der Waals surface area contributed by atoms with Gasteiger partial charge in [-0.25, -0.2) is 19.5 Å². The predicted molar refractivity (Wildman–Crippen MR) is 137 cm³/mol. The van der Waals surface area contributed by atoms with Crippen LogP contribution in [0.15, 0.2) is 53.5 Å². The van der Waals surface area contributed by atoms with Gasteiger partial charge in [-0.05, 0) is 48.9 Å². The summed E-state index contributed by atoms with van der Waals surface area (Å²) in [5.74, 6) is -0.358. The summed E-state index contributed by atoms with van der Waals surface area (Å²) in [6.45, 7) is 4.03. The van der Waals surface area contributed by atoms with Crippen molar-refractivity contribution in [2.75, 3.05) is 34.0 Å². The van der Waals surface area contributed by atoms with E-state index in [1.54, 1.807) is 69.5 Å². The zero-order chi connectivity index (χ0) is 26.5. The number of benzene rings is 2. The van der Waals surface area contributed by atoms with Gasteiger partial charge in [0.25, 0.3) is 0 Å². The minimum Gasteiger partial charge on any atom is -0.491 e. The number of amidine groups is 1. The van der Waals surface area contributed by atoms with Crippen LogP contribution >= 0.6 is 11.6 Å². The second kappa shape index (κ2) is 14.7. The van der Waals surface area contributed by atoms with Crippen LogP contribution in [-0.4, -0.2) is 62.7 Å². The molecule has 0 aromatic heterocycles. The monoisotopic (exact) mass is 518 g/mol. The lowest BCUT2D eigenvalue weighted by Gasteiger charge is -2.24. The fourth-order valence-corrected chi connectivity index (χ4v) is 3.11. The van der Waals surface area contributed by atoms with Crippen LogP contribution in [0.5, 0.6) is 5.75 Å². The average Bonchev–Trinajstić information content (AvgIpc) is 2.87. The van der Waals surface area contributed by atoms with Crippen LogP contribution in [0.25, 0.3) is 0 Å². The van der Waals surface area contributed by atoms with Gasteiger partial charge in [0, 0.05) is 25.2 Å². The Morgan fingerprint density at radius 2 is 1.67 bits per heavy atom. The third kappa shape index (κ3) is 9.55. The molecule has 0 aliphatic rings. The van der Waals surface area contributed by atoms with E-state index in [0.717, 1.165) is 10.5 Å². The van der Waals surface area contributed by atoms with E-state index in [2.05, 4.69) is 15.6 Å². The summed E-state index contributed by atoms with van der Waals surface area (Å²) in [4.78, 5) is 43.0. The van der Waals surface area contributed by atoms with Crippen molar-refractivity contribution in [1.29, 1.82) is 0 Å². The molecule has 36 heavy (non-hydrogen) atoms. The largest absolute Gasteiger partial charge is 0.491 e. The number of ether oxygens (including phenoxy) is 3. The molecule has 0 saturated heterocycles. The molecule has 2 aromatic carbocycles. The molecule has 11 heteroatoms. The number of carbonyl (C=O) groups is 3.